The van der Waals surface area contributed by atoms with E-state index < -0.39 is 5.97 Å². The maximum Gasteiger partial charge on any atom is 0.373 e. The summed E-state index contributed by atoms with van der Waals surface area (Å²) in [4.78, 5) is 21.0. The van der Waals surface area contributed by atoms with Crippen LogP contribution >= 0.6 is 0 Å². The molecular weight excluding hydrogens is 232 g/mol. The molecule has 100 valence electrons. The minimum Gasteiger partial charge on any atom is -0.379 e. The Bertz CT molecular complexity index is 363. The Morgan fingerprint density at radius 3 is 2.78 bits per heavy atom. The number of unbranched alkanes of at least 4 members (excludes halogenated alkanes) is 1. The first kappa shape index (κ1) is 14.7. The molecule has 4 nitrogen and oxygen atoms in total. The highest BCUT2D eigenvalue weighted by Gasteiger charge is 2.07. The van der Waals surface area contributed by atoms with Gasteiger partial charge in [-0.05, 0) is 25.5 Å². The number of aryl methyl sites for hydroxylation is 1. The van der Waals surface area contributed by atoms with Crippen molar-refractivity contribution in [1.82, 2.24) is 0 Å². The SMILES string of the molecule is CCCCOCCOOC(=O)c1cccc(C)c1. The average Bonchev–Trinajstić information content (AvgIpc) is 2.37. The molecule has 0 N–H and O–H groups in total. The smallest absolute Gasteiger partial charge is 0.373 e. The van der Waals surface area contributed by atoms with Crippen molar-refractivity contribution < 1.29 is 19.3 Å². The second kappa shape index (κ2) is 8.66. The van der Waals surface area contributed by atoms with Gasteiger partial charge in [0.25, 0.3) is 0 Å². The molecule has 1 aromatic rings. The quantitative estimate of drug-likeness (QED) is 0.405. The zero-order valence-corrected chi connectivity index (χ0v) is 11.0. The molecule has 0 radical (unpaired) electrons. The van der Waals surface area contributed by atoms with Crippen LogP contribution < -0.4 is 0 Å². The fourth-order valence-corrected chi connectivity index (χ4v) is 1.36. The van der Waals surface area contributed by atoms with Crippen LogP contribution in [-0.2, 0) is 14.5 Å². The van der Waals surface area contributed by atoms with Crippen molar-refractivity contribution in [3.8, 4) is 0 Å². The van der Waals surface area contributed by atoms with Crippen LogP contribution in [0.25, 0.3) is 0 Å². The summed E-state index contributed by atoms with van der Waals surface area (Å²) in [6.45, 7) is 5.41. The van der Waals surface area contributed by atoms with E-state index in [9.17, 15) is 4.79 Å². The van der Waals surface area contributed by atoms with Crippen molar-refractivity contribution in [3.05, 3.63) is 35.4 Å². The molecular formula is C14H20O4. The second-order valence-electron chi connectivity index (χ2n) is 4.03. The van der Waals surface area contributed by atoms with Crippen molar-refractivity contribution in [2.24, 2.45) is 0 Å². The van der Waals surface area contributed by atoms with Gasteiger partial charge >= 0.3 is 5.97 Å². The van der Waals surface area contributed by atoms with Crippen LogP contribution in [-0.4, -0.2) is 25.8 Å². The summed E-state index contributed by atoms with van der Waals surface area (Å²) >= 11 is 0. The number of ether oxygens (including phenoxy) is 1. The molecule has 0 aliphatic rings. The van der Waals surface area contributed by atoms with Gasteiger partial charge in [0, 0.05) is 6.61 Å². The molecule has 0 saturated heterocycles. The van der Waals surface area contributed by atoms with Crippen molar-refractivity contribution in [1.29, 1.82) is 0 Å². The lowest BCUT2D eigenvalue weighted by Crippen LogP contribution is -2.10. The van der Waals surface area contributed by atoms with Gasteiger partial charge in [-0.15, -0.1) is 0 Å². The third-order valence-electron chi connectivity index (χ3n) is 2.34. The monoisotopic (exact) mass is 252 g/mol. The molecule has 0 bridgehead atoms. The Morgan fingerprint density at radius 1 is 1.22 bits per heavy atom. The molecule has 0 aromatic heterocycles. The number of hydrogen-bond donors (Lipinski definition) is 0. The van der Waals surface area contributed by atoms with Crippen molar-refractivity contribution in [3.63, 3.8) is 0 Å². The normalized spacial score (nSPS) is 10.3. The van der Waals surface area contributed by atoms with Crippen molar-refractivity contribution in [2.45, 2.75) is 26.7 Å². The maximum atomic E-state index is 11.5. The summed E-state index contributed by atoms with van der Waals surface area (Å²) in [7, 11) is 0. The van der Waals surface area contributed by atoms with E-state index in [4.69, 9.17) is 9.62 Å². The standard InChI is InChI=1S/C14H20O4/c1-3-4-8-16-9-10-17-18-14(15)13-7-5-6-12(2)11-13/h5-7,11H,3-4,8-10H2,1-2H3. The van der Waals surface area contributed by atoms with Gasteiger partial charge in [-0.1, -0.05) is 31.0 Å². The predicted octanol–water partition coefficient (Wildman–Crippen LogP) is 2.90. The minimum atomic E-state index is -0.479. The van der Waals surface area contributed by atoms with E-state index in [1.165, 1.54) is 0 Å². The molecule has 4 heteroatoms. The Morgan fingerprint density at radius 2 is 2.06 bits per heavy atom. The van der Waals surface area contributed by atoms with Gasteiger partial charge in [0.05, 0.1) is 12.2 Å². The van der Waals surface area contributed by atoms with Crippen LogP contribution in [0.1, 0.15) is 35.7 Å². The molecule has 0 unspecified atom stereocenters. The molecule has 1 rings (SSSR count). The van der Waals surface area contributed by atoms with Crippen LogP contribution in [0.2, 0.25) is 0 Å². The maximum absolute atomic E-state index is 11.5. The molecule has 1 aromatic carbocycles. The van der Waals surface area contributed by atoms with Crippen LogP contribution in [0.4, 0.5) is 0 Å². The zero-order valence-electron chi connectivity index (χ0n) is 11.0. The molecule has 0 heterocycles. The third kappa shape index (κ3) is 5.80. The van der Waals surface area contributed by atoms with Crippen LogP contribution in [0, 0.1) is 6.92 Å². The van der Waals surface area contributed by atoms with Gasteiger partial charge < -0.3 is 4.74 Å². The highest BCUT2D eigenvalue weighted by molar-refractivity contribution is 5.89. The van der Waals surface area contributed by atoms with Gasteiger partial charge in [-0.2, -0.15) is 4.89 Å². The Hall–Kier alpha value is -1.39. The van der Waals surface area contributed by atoms with E-state index in [-0.39, 0.29) is 6.61 Å². The van der Waals surface area contributed by atoms with E-state index in [0.717, 1.165) is 18.4 Å². The Balaban J connectivity index is 2.14. The van der Waals surface area contributed by atoms with Crippen LogP contribution in [0.5, 0.6) is 0 Å². The molecule has 0 aliphatic carbocycles. The van der Waals surface area contributed by atoms with E-state index in [0.29, 0.717) is 18.8 Å². The second-order valence-corrected chi connectivity index (χ2v) is 4.03. The minimum absolute atomic E-state index is 0.251. The van der Waals surface area contributed by atoms with Crippen LogP contribution in [0.15, 0.2) is 24.3 Å². The fourth-order valence-electron chi connectivity index (χ4n) is 1.36. The van der Waals surface area contributed by atoms with Gasteiger partial charge in [0.1, 0.15) is 6.61 Å². The molecule has 0 fully saturated rings. The van der Waals surface area contributed by atoms with Gasteiger partial charge in [0.15, 0.2) is 0 Å². The first-order valence-electron chi connectivity index (χ1n) is 6.22. The van der Waals surface area contributed by atoms with Gasteiger partial charge in [-0.25, -0.2) is 4.79 Å². The lowest BCUT2D eigenvalue weighted by atomic mass is 10.1. The summed E-state index contributed by atoms with van der Waals surface area (Å²) in [5, 5.41) is 0. The zero-order chi connectivity index (χ0) is 13.2. The largest absolute Gasteiger partial charge is 0.379 e. The van der Waals surface area contributed by atoms with Crippen molar-refractivity contribution >= 4 is 5.97 Å². The van der Waals surface area contributed by atoms with Gasteiger partial charge in [-0.3, -0.25) is 4.89 Å². The summed E-state index contributed by atoms with van der Waals surface area (Å²) in [5.74, 6) is -0.479. The molecule has 0 spiro atoms. The molecule has 18 heavy (non-hydrogen) atoms. The van der Waals surface area contributed by atoms with E-state index in [1.807, 2.05) is 13.0 Å². The molecule has 0 amide bonds. The number of carbonyl (C=O) groups excluding carboxylic acids is 1. The molecule has 0 aliphatic heterocycles. The van der Waals surface area contributed by atoms with E-state index in [1.54, 1.807) is 18.2 Å². The van der Waals surface area contributed by atoms with Gasteiger partial charge in [0.2, 0.25) is 0 Å². The summed E-state index contributed by atoms with van der Waals surface area (Å²) in [6.07, 6.45) is 2.13. The Labute approximate surface area is 108 Å². The number of benzene rings is 1. The molecule has 0 saturated carbocycles. The average molecular weight is 252 g/mol. The summed E-state index contributed by atoms with van der Waals surface area (Å²) < 4.78 is 5.26. The van der Waals surface area contributed by atoms with E-state index >= 15 is 0 Å². The first-order chi connectivity index (χ1) is 8.74. The number of rotatable bonds is 8. The Kier molecular flexibility index (Phi) is 7.06. The third-order valence-corrected chi connectivity index (χ3v) is 2.34. The first-order valence-corrected chi connectivity index (χ1v) is 6.22. The predicted molar refractivity (Wildman–Crippen MR) is 68.3 cm³/mol. The number of carbonyl (C=O) groups is 1. The fraction of sp³-hybridized carbons (Fsp3) is 0.500. The topological polar surface area (TPSA) is 44.8 Å². The van der Waals surface area contributed by atoms with Crippen LogP contribution in [0.3, 0.4) is 0 Å². The summed E-state index contributed by atoms with van der Waals surface area (Å²) in [6, 6.07) is 7.17. The highest BCUT2D eigenvalue weighted by atomic mass is 17.2. The number of hydrogen-bond acceptors (Lipinski definition) is 4. The summed E-state index contributed by atoms with van der Waals surface area (Å²) in [5.41, 5.74) is 1.49. The lowest BCUT2D eigenvalue weighted by molar-refractivity contribution is -0.247. The highest BCUT2D eigenvalue weighted by Crippen LogP contribution is 2.05. The molecule has 0 atom stereocenters. The van der Waals surface area contributed by atoms with Crippen molar-refractivity contribution in [2.75, 3.05) is 19.8 Å². The lowest BCUT2D eigenvalue weighted by Gasteiger charge is -2.05. The van der Waals surface area contributed by atoms with E-state index in [2.05, 4.69) is 11.8 Å².